The van der Waals surface area contributed by atoms with Gasteiger partial charge in [0.05, 0.1) is 17.1 Å². The molecule has 0 aliphatic heterocycles. The molecule has 0 bridgehead atoms. The Morgan fingerprint density at radius 3 is 2.78 bits per heavy atom. The number of fused-ring (bicyclic) bond motifs is 1. The SMILES string of the molecule is C#CC(CC)NC(C)c1ccc2[nH]c(=O)[nH]c2c1. The van der Waals surface area contributed by atoms with Gasteiger partial charge in [-0.25, -0.2) is 4.79 Å². The second-order valence-electron chi connectivity index (χ2n) is 4.40. The number of benzene rings is 1. The summed E-state index contributed by atoms with van der Waals surface area (Å²) < 4.78 is 0. The van der Waals surface area contributed by atoms with Crippen LogP contribution in [0.4, 0.5) is 0 Å². The number of terminal acetylenes is 1. The second-order valence-corrected chi connectivity index (χ2v) is 4.40. The third-order valence-corrected chi connectivity index (χ3v) is 3.10. The Balaban J connectivity index is 2.25. The molecule has 0 amide bonds. The fourth-order valence-electron chi connectivity index (χ4n) is 2.00. The van der Waals surface area contributed by atoms with E-state index in [9.17, 15) is 4.79 Å². The minimum absolute atomic E-state index is 0.0703. The molecule has 1 aromatic carbocycles. The minimum Gasteiger partial charge on any atom is -0.306 e. The topological polar surface area (TPSA) is 60.7 Å². The smallest absolute Gasteiger partial charge is 0.306 e. The average Bonchev–Trinajstić information content (AvgIpc) is 2.74. The first-order valence-electron chi connectivity index (χ1n) is 6.08. The minimum atomic E-state index is -0.183. The summed E-state index contributed by atoms with van der Waals surface area (Å²) in [5, 5.41) is 3.37. The third-order valence-electron chi connectivity index (χ3n) is 3.10. The van der Waals surface area contributed by atoms with Crippen molar-refractivity contribution in [1.82, 2.24) is 15.3 Å². The van der Waals surface area contributed by atoms with Gasteiger partial charge in [-0.2, -0.15) is 0 Å². The van der Waals surface area contributed by atoms with Crippen LogP contribution in [0.25, 0.3) is 11.0 Å². The second kappa shape index (κ2) is 5.11. The Bertz CT molecular complexity index is 632. The van der Waals surface area contributed by atoms with E-state index in [2.05, 4.69) is 35.1 Å². The summed E-state index contributed by atoms with van der Waals surface area (Å²) in [6.45, 7) is 4.11. The molecule has 1 aromatic heterocycles. The summed E-state index contributed by atoms with van der Waals surface area (Å²) in [7, 11) is 0. The highest BCUT2D eigenvalue weighted by atomic mass is 16.1. The van der Waals surface area contributed by atoms with Crippen molar-refractivity contribution in [2.24, 2.45) is 0 Å². The molecule has 3 N–H and O–H groups in total. The summed E-state index contributed by atoms with van der Waals surface area (Å²) in [6.07, 6.45) is 6.33. The zero-order valence-corrected chi connectivity index (χ0v) is 10.6. The Labute approximate surface area is 106 Å². The van der Waals surface area contributed by atoms with Gasteiger partial charge in [0.1, 0.15) is 0 Å². The number of H-pyrrole nitrogens is 2. The Hall–Kier alpha value is -1.99. The van der Waals surface area contributed by atoms with E-state index in [0.717, 1.165) is 23.0 Å². The molecule has 0 fully saturated rings. The lowest BCUT2D eigenvalue weighted by Gasteiger charge is -2.18. The Morgan fingerprint density at radius 2 is 2.11 bits per heavy atom. The summed E-state index contributed by atoms with van der Waals surface area (Å²) in [5.74, 6) is 2.72. The Kier molecular flexibility index (Phi) is 3.54. The van der Waals surface area contributed by atoms with Crippen LogP contribution >= 0.6 is 0 Å². The van der Waals surface area contributed by atoms with E-state index in [1.807, 2.05) is 18.2 Å². The first-order valence-corrected chi connectivity index (χ1v) is 6.08. The number of rotatable bonds is 4. The number of aromatic amines is 2. The van der Waals surface area contributed by atoms with E-state index in [0.29, 0.717) is 0 Å². The first kappa shape index (κ1) is 12.5. The van der Waals surface area contributed by atoms with Gasteiger partial charge in [-0.1, -0.05) is 18.9 Å². The van der Waals surface area contributed by atoms with E-state index < -0.39 is 0 Å². The lowest BCUT2D eigenvalue weighted by molar-refractivity contribution is 0.512. The van der Waals surface area contributed by atoms with Crippen LogP contribution in [0, 0.1) is 12.3 Å². The predicted octanol–water partition coefficient (Wildman–Crippen LogP) is 1.92. The van der Waals surface area contributed by atoms with Crippen molar-refractivity contribution < 1.29 is 0 Å². The zero-order valence-electron chi connectivity index (χ0n) is 10.6. The van der Waals surface area contributed by atoms with Gasteiger partial charge in [-0.3, -0.25) is 5.32 Å². The highest BCUT2D eigenvalue weighted by molar-refractivity contribution is 5.75. The van der Waals surface area contributed by atoms with E-state index in [1.165, 1.54) is 0 Å². The molecular weight excluding hydrogens is 226 g/mol. The molecule has 0 saturated heterocycles. The summed E-state index contributed by atoms with van der Waals surface area (Å²) in [6, 6.07) is 6.08. The van der Waals surface area contributed by atoms with Crippen molar-refractivity contribution in [2.45, 2.75) is 32.4 Å². The van der Waals surface area contributed by atoms with Crippen LogP contribution in [0.15, 0.2) is 23.0 Å². The van der Waals surface area contributed by atoms with Crippen LogP contribution < -0.4 is 11.0 Å². The molecule has 2 atom stereocenters. The van der Waals surface area contributed by atoms with Gasteiger partial charge in [0.15, 0.2) is 0 Å². The van der Waals surface area contributed by atoms with E-state index in [-0.39, 0.29) is 17.8 Å². The van der Waals surface area contributed by atoms with Crippen LogP contribution in [0.1, 0.15) is 31.9 Å². The molecule has 0 radical (unpaired) electrons. The number of imidazole rings is 1. The zero-order chi connectivity index (χ0) is 13.1. The molecule has 2 aromatic rings. The fraction of sp³-hybridized carbons (Fsp3) is 0.357. The quantitative estimate of drug-likeness (QED) is 0.718. The van der Waals surface area contributed by atoms with E-state index in [4.69, 9.17) is 6.42 Å². The van der Waals surface area contributed by atoms with Crippen LogP contribution in [0.5, 0.6) is 0 Å². The molecule has 0 aliphatic rings. The Morgan fingerprint density at radius 1 is 1.39 bits per heavy atom. The molecule has 0 saturated carbocycles. The first-order chi connectivity index (χ1) is 8.63. The summed E-state index contributed by atoms with van der Waals surface area (Å²) in [4.78, 5) is 16.7. The van der Waals surface area contributed by atoms with Crippen molar-refractivity contribution in [1.29, 1.82) is 0 Å². The standard InChI is InChI=1S/C14H17N3O/c1-4-11(5-2)15-9(3)10-6-7-12-13(8-10)17-14(18)16-12/h1,6-9,11,15H,5H2,2-3H3,(H2,16,17,18). The third kappa shape index (κ3) is 2.47. The van der Waals surface area contributed by atoms with Gasteiger partial charge < -0.3 is 9.97 Å². The molecule has 2 rings (SSSR count). The summed E-state index contributed by atoms with van der Waals surface area (Å²) in [5.41, 5.74) is 2.56. The van der Waals surface area contributed by atoms with Crippen molar-refractivity contribution in [3.8, 4) is 12.3 Å². The molecule has 2 unspecified atom stereocenters. The number of nitrogens with one attached hydrogen (secondary N) is 3. The summed E-state index contributed by atoms with van der Waals surface area (Å²) >= 11 is 0. The molecular formula is C14H17N3O. The van der Waals surface area contributed by atoms with Gasteiger partial charge in [-0.15, -0.1) is 6.42 Å². The van der Waals surface area contributed by atoms with Crippen LogP contribution in [-0.4, -0.2) is 16.0 Å². The van der Waals surface area contributed by atoms with Gasteiger partial charge >= 0.3 is 5.69 Å². The molecule has 4 nitrogen and oxygen atoms in total. The number of hydrogen-bond acceptors (Lipinski definition) is 2. The molecule has 94 valence electrons. The average molecular weight is 243 g/mol. The molecule has 0 aliphatic carbocycles. The highest BCUT2D eigenvalue weighted by Gasteiger charge is 2.10. The normalized spacial score (nSPS) is 14.3. The van der Waals surface area contributed by atoms with Gasteiger partial charge in [-0.05, 0) is 31.0 Å². The maximum absolute atomic E-state index is 11.2. The maximum Gasteiger partial charge on any atom is 0.323 e. The van der Waals surface area contributed by atoms with Crippen LogP contribution in [0.2, 0.25) is 0 Å². The molecule has 0 spiro atoms. The van der Waals surface area contributed by atoms with E-state index in [1.54, 1.807) is 0 Å². The number of aromatic nitrogens is 2. The lowest BCUT2D eigenvalue weighted by atomic mass is 10.1. The maximum atomic E-state index is 11.2. The van der Waals surface area contributed by atoms with Gasteiger partial charge in [0.25, 0.3) is 0 Å². The van der Waals surface area contributed by atoms with E-state index >= 15 is 0 Å². The number of hydrogen-bond donors (Lipinski definition) is 3. The predicted molar refractivity (Wildman–Crippen MR) is 73.4 cm³/mol. The van der Waals surface area contributed by atoms with Crippen LogP contribution in [0.3, 0.4) is 0 Å². The largest absolute Gasteiger partial charge is 0.323 e. The highest BCUT2D eigenvalue weighted by Crippen LogP contribution is 2.17. The molecule has 18 heavy (non-hydrogen) atoms. The van der Waals surface area contributed by atoms with Crippen molar-refractivity contribution in [3.63, 3.8) is 0 Å². The van der Waals surface area contributed by atoms with Crippen molar-refractivity contribution >= 4 is 11.0 Å². The lowest BCUT2D eigenvalue weighted by Crippen LogP contribution is -2.29. The van der Waals surface area contributed by atoms with Crippen molar-refractivity contribution in [3.05, 3.63) is 34.2 Å². The monoisotopic (exact) mass is 243 g/mol. The van der Waals surface area contributed by atoms with Gasteiger partial charge in [0.2, 0.25) is 0 Å². The van der Waals surface area contributed by atoms with Crippen LogP contribution in [-0.2, 0) is 0 Å². The van der Waals surface area contributed by atoms with Crippen molar-refractivity contribution in [2.75, 3.05) is 0 Å². The van der Waals surface area contributed by atoms with Gasteiger partial charge in [0, 0.05) is 6.04 Å². The molecule has 4 heteroatoms. The fourth-order valence-corrected chi connectivity index (χ4v) is 2.00. The molecule has 1 heterocycles.